The number of benzene rings is 2. The minimum atomic E-state index is -3.57. The third-order valence-corrected chi connectivity index (χ3v) is 7.78. The second-order valence-corrected chi connectivity index (χ2v) is 10.6. The number of carbonyl (C=O) groups is 1. The van der Waals surface area contributed by atoms with Crippen LogP contribution in [0, 0.1) is 6.92 Å². The molecule has 1 N–H and O–H groups in total. The highest BCUT2D eigenvalue weighted by Crippen LogP contribution is 2.31. The number of amides is 1. The lowest BCUT2D eigenvalue weighted by molar-refractivity contribution is -0.117. The van der Waals surface area contributed by atoms with Crippen molar-refractivity contribution in [3.63, 3.8) is 0 Å². The highest BCUT2D eigenvalue weighted by molar-refractivity contribution is 7.89. The summed E-state index contributed by atoms with van der Waals surface area (Å²) in [7, 11) is 1.06. The first-order valence-corrected chi connectivity index (χ1v) is 12.4. The van der Waals surface area contributed by atoms with E-state index in [0.717, 1.165) is 43.5 Å². The molecule has 2 aromatic carbocycles. The topological polar surface area (TPSA) is 79.0 Å². The fourth-order valence-electron chi connectivity index (χ4n) is 4.04. The summed E-state index contributed by atoms with van der Waals surface area (Å²) in [6.45, 7) is 2.95. The van der Waals surface area contributed by atoms with Crippen LogP contribution < -0.4 is 10.1 Å². The summed E-state index contributed by atoms with van der Waals surface area (Å²) in [5.41, 5.74) is 2.52. The van der Waals surface area contributed by atoms with Crippen molar-refractivity contribution in [2.24, 2.45) is 0 Å². The Balaban J connectivity index is 1.77. The zero-order chi connectivity index (χ0) is 23.3. The molecule has 32 heavy (non-hydrogen) atoms. The molecule has 0 unspecified atom stereocenters. The Morgan fingerprint density at radius 3 is 2.50 bits per heavy atom. The molecular formula is C24H33N3O4S. The van der Waals surface area contributed by atoms with E-state index in [0.29, 0.717) is 5.69 Å². The predicted octanol–water partition coefficient (Wildman–Crippen LogP) is 3.81. The average molecular weight is 460 g/mol. The monoisotopic (exact) mass is 459 g/mol. The maximum atomic E-state index is 13.0. The number of sulfonamides is 1. The van der Waals surface area contributed by atoms with Crippen LogP contribution in [0.2, 0.25) is 0 Å². The standard InChI is InChI=1S/C24H33N3O4S/c1-18-9-14-21(32(29,30)26(2)3)16-22(18)25-24(28)17-27-15-7-5-6-8-23(27)19-10-12-20(31-4)13-11-19/h9-14,16,23H,5-8,15,17H2,1-4H3,(H,25,28)/t23-/m1/s1. The van der Waals surface area contributed by atoms with E-state index >= 15 is 0 Å². The molecule has 1 aliphatic heterocycles. The van der Waals surface area contributed by atoms with Gasteiger partial charge in [0, 0.05) is 25.8 Å². The van der Waals surface area contributed by atoms with Gasteiger partial charge in [0.2, 0.25) is 15.9 Å². The van der Waals surface area contributed by atoms with Crippen LogP contribution in [0.4, 0.5) is 5.69 Å². The van der Waals surface area contributed by atoms with E-state index in [-0.39, 0.29) is 23.4 Å². The Morgan fingerprint density at radius 2 is 1.84 bits per heavy atom. The highest BCUT2D eigenvalue weighted by atomic mass is 32.2. The van der Waals surface area contributed by atoms with Gasteiger partial charge in [0.25, 0.3) is 0 Å². The molecule has 1 fully saturated rings. The molecule has 1 atom stereocenters. The van der Waals surface area contributed by atoms with Crippen LogP contribution in [0.3, 0.4) is 0 Å². The first-order valence-electron chi connectivity index (χ1n) is 10.9. The third-order valence-electron chi connectivity index (χ3n) is 5.97. The van der Waals surface area contributed by atoms with Crippen molar-refractivity contribution < 1.29 is 17.9 Å². The Labute approximate surface area is 191 Å². The number of anilines is 1. The van der Waals surface area contributed by atoms with Crippen LogP contribution >= 0.6 is 0 Å². The minimum absolute atomic E-state index is 0.145. The van der Waals surface area contributed by atoms with Gasteiger partial charge in [0.1, 0.15) is 5.75 Å². The molecule has 1 amide bonds. The summed E-state index contributed by atoms with van der Waals surface area (Å²) in [5.74, 6) is 0.669. The van der Waals surface area contributed by atoms with Gasteiger partial charge in [-0.3, -0.25) is 9.69 Å². The van der Waals surface area contributed by atoms with Crippen molar-refractivity contribution in [2.45, 2.75) is 43.5 Å². The van der Waals surface area contributed by atoms with Crippen LogP contribution in [0.5, 0.6) is 5.75 Å². The Hall–Kier alpha value is -2.42. The zero-order valence-electron chi connectivity index (χ0n) is 19.3. The summed E-state index contributed by atoms with van der Waals surface area (Å²) in [4.78, 5) is 15.4. The molecule has 8 heteroatoms. The Morgan fingerprint density at radius 1 is 1.12 bits per heavy atom. The number of rotatable bonds is 7. The summed E-state index contributed by atoms with van der Waals surface area (Å²) in [5, 5.41) is 2.94. The summed E-state index contributed by atoms with van der Waals surface area (Å²) < 4.78 is 31.4. The number of nitrogens with one attached hydrogen (secondary N) is 1. The third kappa shape index (κ3) is 5.68. The number of nitrogens with zero attached hydrogens (tertiary/aromatic N) is 2. The quantitative estimate of drug-likeness (QED) is 0.681. The van der Waals surface area contributed by atoms with E-state index in [1.54, 1.807) is 19.2 Å². The predicted molar refractivity (Wildman–Crippen MR) is 126 cm³/mol. The van der Waals surface area contributed by atoms with E-state index < -0.39 is 10.0 Å². The van der Waals surface area contributed by atoms with Gasteiger partial charge >= 0.3 is 0 Å². The summed E-state index contributed by atoms with van der Waals surface area (Å²) in [6.07, 6.45) is 4.32. The van der Waals surface area contributed by atoms with Crippen LogP contribution in [0.15, 0.2) is 47.4 Å². The van der Waals surface area contributed by atoms with Gasteiger partial charge in [-0.05, 0) is 61.7 Å². The minimum Gasteiger partial charge on any atom is -0.497 e. The molecule has 0 saturated carbocycles. The number of hydrogen-bond acceptors (Lipinski definition) is 5. The van der Waals surface area contributed by atoms with Crippen LogP contribution in [-0.4, -0.2) is 57.8 Å². The molecule has 0 radical (unpaired) electrons. The molecule has 2 aromatic rings. The van der Waals surface area contributed by atoms with Crippen LogP contribution in [0.25, 0.3) is 0 Å². The first kappa shape index (κ1) is 24.2. The first-order chi connectivity index (χ1) is 15.2. The summed E-state index contributed by atoms with van der Waals surface area (Å²) in [6, 6.07) is 13.0. The molecular weight excluding hydrogens is 426 g/mol. The number of carbonyl (C=O) groups excluding carboxylic acids is 1. The molecule has 0 bridgehead atoms. The Kier molecular flexibility index (Phi) is 7.92. The van der Waals surface area contributed by atoms with Gasteiger partial charge < -0.3 is 10.1 Å². The number of likely N-dealkylation sites (tertiary alicyclic amines) is 1. The molecule has 0 aromatic heterocycles. The van der Waals surface area contributed by atoms with E-state index in [1.165, 1.54) is 30.0 Å². The fraction of sp³-hybridized carbons (Fsp3) is 0.458. The lowest BCUT2D eigenvalue weighted by Gasteiger charge is -2.30. The zero-order valence-corrected chi connectivity index (χ0v) is 20.1. The van der Waals surface area contributed by atoms with Crippen molar-refractivity contribution in [3.05, 3.63) is 53.6 Å². The van der Waals surface area contributed by atoms with Gasteiger partial charge in [-0.1, -0.05) is 31.0 Å². The molecule has 1 heterocycles. The molecule has 0 aliphatic carbocycles. The van der Waals surface area contributed by atoms with Crippen LogP contribution in [-0.2, 0) is 14.8 Å². The largest absolute Gasteiger partial charge is 0.497 e. The summed E-state index contributed by atoms with van der Waals surface area (Å²) >= 11 is 0. The van der Waals surface area contributed by atoms with Gasteiger partial charge in [0.15, 0.2) is 0 Å². The number of methoxy groups -OCH3 is 1. The SMILES string of the molecule is COc1ccc([C@H]2CCCCCN2CC(=O)Nc2cc(S(=O)(=O)N(C)C)ccc2C)cc1. The Bertz CT molecular complexity index is 1040. The second kappa shape index (κ2) is 10.5. The number of ether oxygens (including phenoxy) is 1. The lowest BCUT2D eigenvalue weighted by Crippen LogP contribution is -2.36. The van der Waals surface area contributed by atoms with Gasteiger partial charge in [0.05, 0.1) is 18.6 Å². The van der Waals surface area contributed by atoms with Gasteiger partial charge in [-0.2, -0.15) is 0 Å². The fourth-order valence-corrected chi connectivity index (χ4v) is 4.97. The van der Waals surface area contributed by atoms with E-state index in [9.17, 15) is 13.2 Å². The average Bonchev–Trinajstić information content (AvgIpc) is 3.00. The molecule has 174 valence electrons. The second-order valence-electron chi connectivity index (χ2n) is 8.42. The smallest absolute Gasteiger partial charge is 0.242 e. The van der Waals surface area contributed by atoms with Crippen molar-refractivity contribution >= 4 is 21.6 Å². The van der Waals surface area contributed by atoms with Crippen molar-refractivity contribution in [1.82, 2.24) is 9.21 Å². The lowest BCUT2D eigenvalue weighted by atomic mass is 10.0. The maximum absolute atomic E-state index is 13.0. The maximum Gasteiger partial charge on any atom is 0.242 e. The molecule has 1 aliphatic rings. The molecule has 0 spiro atoms. The van der Waals surface area contributed by atoms with Crippen molar-refractivity contribution in [2.75, 3.05) is 39.6 Å². The normalized spacial score (nSPS) is 17.7. The van der Waals surface area contributed by atoms with Crippen molar-refractivity contribution in [1.29, 1.82) is 0 Å². The van der Waals surface area contributed by atoms with Gasteiger partial charge in [-0.15, -0.1) is 0 Å². The molecule has 7 nitrogen and oxygen atoms in total. The van der Waals surface area contributed by atoms with Gasteiger partial charge in [-0.25, -0.2) is 12.7 Å². The number of aryl methyl sites for hydroxylation is 1. The molecule has 1 saturated heterocycles. The number of hydrogen-bond donors (Lipinski definition) is 1. The van der Waals surface area contributed by atoms with Crippen molar-refractivity contribution in [3.8, 4) is 5.75 Å². The van der Waals surface area contributed by atoms with Crippen LogP contribution in [0.1, 0.15) is 42.9 Å². The van der Waals surface area contributed by atoms with E-state index in [2.05, 4.69) is 22.3 Å². The highest BCUT2D eigenvalue weighted by Gasteiger charge is 2.25. The van der Waals surface area contributed by atoms with E-state index in [1.807, 2.05) is 19.1 Å². The van der Waals surface area contributed by atoms with E-state index in [4.69, 9.17) is 4.74 Å². The molecule has 3 rings (SSSR count).